The van der Waals surface area contributed by atoms with Crippen LogP contribution in [0.1, 0.15) is 58.2 Å². The highest BCUT2D eigenvalue weighted by Crippen LogP contribution is 2.17. The molecule has 0 aliphatic heterocycles. The maximum Gasteiger partial charge on any atom is 0.222 e. The maximum atomic E-state index is 12.3. The van der Waals surface area contributed by atoms with Gasteiger partial charge in [-0.05, 0) is 40.2 Å². The van der Waals surface area contributed by atoms with Gasteiger partial charge in [-0.15, -0.1) is 0 Å². The number of benzene rings is 1. The van der Waals surface area contributed by atoms with Gasteiger partial charge in [0.2, 0.25) is 11.8 Å². The second-order valence-corrected chi connectivity index (χ2v) is 7.14. The Labute approximate surface area is 152 Å². The van der Waals surface area contributed by atoms with Crippen LogP contribution in [0.15, 0.2) is 24.3 Å². The largest absolute Gasteiger partial charge is 0.355 e. The normalized spacial score (nSPS) is 12.5. The Kier molecular flexibility index (Phi) is 8.62. The molecular weight excluding hydrogens is 314 g/mol. The van der Waals surface area contributed by atoms with E-state index in [4.69, 9.17) is 0 Å². The van der Waals surface area contributed by atoms with Crippen LogP contribution in [0, 0.1) is 6.92 Å². The quantitative estimate of drug-likeness (QED) is 0.722. The first-order valence-electron chi connectivity index (χ1n) is 9.06. The zero-order valence-corrected chi connectivity index (χ0v) is 16.4. The summed E-state index contributed by atoms with van der Waals surface area (Å²) in [5, 5.41) is 5.85. The minimum absolute atomic E-state index is 0.0493. The average Bonchev–Trinajstić information content (AvgIpc) is 2.50. The number of nitrogens with one attached hydrogen (secondary N) is 2. The topological polar surface area (TPSA) is 61.4 Å². The number of carbonyl (C=O) groups is 2. The summed E-state index contributed by atoms with van der Waals surface area (Å²) in [6.45, 7) is 13.5. The van der Waals surface area contributed by atoms with Crippen molar-refractivity contribution in [3.05, 3.63) is 35.4 Å². The van der Waals surface area contributed by atoms with Gasteiger partial charge in [-0.25, -0.2) is 0 Å². The van der Waals surface area contributed by atoms with Crippen molar-refractivity contribution in [1.82, 2.24) is 15.5 Å². The molecule has 1 aromatic rings. The van der Waals surface area contributed by atoms with Gasteiger partial charge in [-0.1, -0.05) is 29.8 Å². The van der Waals surface area contributed by atoms with Gasteiger partial charge in [0.25, 0.3) is 0 Å². The SMILES string of the molecule is CC(=O)NC(CC(=O)NCCN(C(C)C)C(C)C)c1ccc(C)cc1. The molecule has 1 rings (SSSR count). The first-order valence-corrected chi connectivity index (χ1v) is 9.06. The number of rotatable bonds is 9. The lowest BCUT2D eigenvalue weighted by Gasteiger charge is -2.30. The van der Waals surface area contributed by atoms with Crippen LogP contribution in [-0.4, -0.2) is 41.9 Å². The first-order chi connectivity index (χ1) is 11.7. The number of nitrogens with zero attached hydrogens (tertiary/aromatic N) is 1. The average molecular weight is 348 g/mol. The number of aryl methyl sites for hydroxylation is 1. The fraction of sp³-hybridized carbons (Fsp3) is 0.600. The summed E-state index contributed by atoms with van der Waals surface area (Å²) in [5.74, 6) is -0.184. The van der Waals surface area contributed by atoms with E-state index in [1.54, 1.807) is 0 Å². The fourth-order valence-electron chi connectivity index (χ4n) is 2.99. The van der Waals surface area contributed by atoms with Crippen molar-refractivity contribution >= 4 is 11.8 Å². The Morgan fingerprint density at radius 1 is 1.04 bits per heavy atom. The molecule has 0 heterocycles. The first kappa shape index (κ1) is 21.2. The zero-order chi connectivity index (χ0) is 19.0. The molecule has 1 atom stereocenters. The Bertz CT molecular complexity index is 545. The van der Waals surface area contributed by atoms with Crippen LogP contribution in [-0.2, 0) is 9.59 Å². The molecule has 25 heavy (non-hydrogen) atoms. The van der Waals surface area contributed by atoms with Crippen molar-refractivity contribution in [2.75, 3.05) is 13.1 Å². The van der Waals surface area contributed by atoms with E-state index < -0.39 is 0 Å². The molecular formula is C20H33N3O2. The third kappa shape index (κ3) is 7.69. The lowest BCUT2D eigenvalue weighted by atomic mass is 10.0. The van der Waals surface area contributed by atoms with E-state index in [1.807, 2.05) is 31.2 Å². The van der Waals surface area contributed by atoms with Crippen LogP contribution in [0.4, 0.5) is 0 Å². The van der Waals surface area contributed by atoms with Crippen LogP contribution in [0.2, 0.25) is 0 Å². The molecule has 0 fully saturated rings. The van der Waals surface area contributed by atoms with Crippen molar-refractivity contribution in [2.45, 2.75) is 66.1 Å². The van der Waals surface area contributed by atoms with Gasteiger partial charge in [-0.2, -0.15) is 0 Å². The molecule has 2 N–H and O–H groups in total. The highest BCUT2D eigenvalue weighted by atomic mass is 16.2. The minimum atomic E-state index is -0.301. The van der Waals surface area contributed by atoms with Crippen LogP contribution in [0.3, 0.4) is 0 Å². The summed E-state index contributed by atoms with van der Waals surface area (Å²) in [5.41, 5.74) is 2.10. The van der Waals surface area contributed by atoms with Crippen LogP contribution in [0.5, 0.6) is 0 Å². The third-order valence-electron chi connectivity index (χ3n) is 4.27. The number of hydrogen-bond donors (Lipinski definition) is 2. The second kappa shape index (κ2) is 10.2. The molecule has 0 saturated carbocycles. The van der Waals surface area contributed by atoms with Crippen molar-refractivity contribution in [3.63, 3.8) is 0 Å². The molecule has 2 amide bonds. The summed E-state index contributed by atoms with van der Waals surface area (Å²) >= 11 is 0. The Morgan fingerprint density at radius 3 is 2.08 bits per heavy atom. The molecule has 1 aromatic carbocycles. The van der Waals surface area contributed by atoms with Gasteiger partial charge in [-0.3, -0.25) is 14.5 Å². The molecule has 140 valence electrons. The van der Waals surface area contributed by atoms with E-state index in [9.17, 15) is 9.59 Å². The second-order valence-electron chi connectivity index (χ2n) is 7.14. The monoisotopic (exact) mass is 347 g/mol. The molecule has 0 saturated heterocycles. The van der Waals surface area contributed by atoms with Gasteiger partial charge >= 0.3 is 0 Å². The van der Waals surface area contributed by atoms with E-state index in [1.165, 1.54) is 6.92 Å². The Morgan fingerprint density at radius 2 is 1.60 bits per heavy atom. The molecule has 5 heteroatoms. The lowest BCUT2D eigenvalue weighted by molar-refractivity contribution is -0.122. The van der Waals surface area contributed by atoms with Gasteiger partial charge in [0, 0.05) is 32.1 Å². The molecule has 0 aliphatic rings. The van der Waals surface area contributed by atoms with Gasteiger partial charge in [0.1, 0.15) is 0 Å². The van der Waals surface area contributed by atoms with Crippen LogP contribution in [0.25, 0.3) is 0 Å². The summed E-state index contributed by atoms with van der Waals surface area (Å²) in [7, 11) is 0. The minimum Gasteiger partial charge on any atom is -0.355 e. The van der Waals surface area contributed by atoms with Crippen molar-refractivity contribution in [2.24, 2.45) is 0 Å². The Balaban J connectivity index is 2.60. The van der Waals surface area contributed by atoms with E-state index in [0.29, 0.717) is 18.6 Å². The molecule has 0 spiro atoms. The molecule has 1 unspecified atom stereocenters. The molecule has 0 aromatic heterocycles. The summed E-state index contributed by atoms with van der Waals surface area (Å²) in [4.78, 5) is 26.1. The predicted octanol–water partition coefficient (Wildman–Crippen LogP) is 2.80. The number of amides is 2. The van der Waals surface area contributed by atoms with E-state index in [2.05, 4.69) is 43.2 Å². The Hall–Kier alpha value is -1.88. The molecule has 0 aliphatic carbocycles. The highest BCUT2D eigenvalue weighted by Gasteiger charge is 2.18. The lowest BCUT2D eigenvalue weighted by Crippen LogP contribution is -2.43. The van der Waals surface area contributed by atoms with Crippen LogP contribution >= 0.6 is 0 Å². The number of hydrogen-bond acceptors (Lipinski definition) is 3. The van der Waals surface area contributed by atoms with Crippen molar-refractivity contribution in [1.29, 1.82) is 0 Å². The fourth-order valence-corrected chi connectivity index (χ4v) is 2.99. The highest BCUT2D eigenvalue weighted by molar-refractivity contribution is 5.79. The van der Waals surface area contributed by atoms with Crippen LogP contribution < -0.4 is 10.6 Å². The van der Waals surface area contributed by atoms with E-state index in [-0.39, 0.29) is 24.3 Å². The predicted molar refractivity (Wildman–Crippen MR) is 102 cm³/mol. The smallest absolute Gasteiger partial charge is 0.222 e. The molecule has 0 bridgehead atoms. The van der Waals surface area contributed by atoms with Gasteiger partial charge < -0.3 is 10.6 Å². The molecule has 5 nitrogen and oxygen atoms in total. The van der Waals surface area contributed by atoms with Crippen molar-refractivity contribution < 1.29 is 9.59 Å². The van der Waals surface area contributed by atoms with Crippen molar-refractivity contribution in [3.8, 4) is 0 Å². The van der Waals surface area contributed by atoms with E-state index in [0.717, 1.165) is 17.7 Å². The van der Waals surface area contributed by atoms with Gasteiger partial charge in [0.05, 0.1) is 12.5 Å². The summed E-state index contributed by atoms with van der Waals surface area (Å²) in [6, 6.07) is 8.49. The number of carbonyl (C=O) groups excluding carboxylic acids is 2. The zero-order valence-electron chi connectivity index (χ0n) is 16.4. The molecule has 0 radical (unpaired) electrons. The third-order valence-corrected chi connectivity index (χ3v) is 4.27. The standard InChI is InChI=1S/C20H33N3O2/c1-14(2)23(15(3)4)12-11-21-20(25)13-19(22-17(6)24)18-9-7-16(5)8-10-18/h7-10,14-15,19H,11-13H2,1-6H3,(H,21,25)(H,22,24). The maximum absolute atomic E-state index is 12.3. The summed E-state index contributed by atoms with van der Waals surface area (Å²) in [6.07, 6.45) is 0.242. The van der Waals surface area contributed by atoms with E-state index >= 15 is 0 Å². The van der Waals surface area contributed by atoms with Gasteiger partial charge in [0.15, 0.2) is 0 Å². The summed E-state index contributed by atoms with van der Waals surface area (Å²) < 4.78 is 0.